The van der Waals surface area contributed by atoms with Crippen molar-refractivity contribution in [2.75, 3.05) is 6.54 Å². The average molecular weight is 138 g/mol. The summed E-state index contributed by atoms with van der Waals surface area (Å²) < 4.78 is 4.89. The topological polar surface area (TPSA) is 74.8 Å². The monoisotopic (exact) mass is 138 g/mol. The van der Waals surface area contributed by atoms with Crippen LogP contribution in [0.5, 0.6) is 0 Å². The second kappa shape index (κ2) is 3.53. The Balaban J connectivity index is 2.34. The number of aromatic nitrogens is 1. The summed E-state index contributed by atoms with van der Waals surface area (Å²) in [6.07, 6.45) is 3.57. The van der Waals surface area contributed by atoms with Gasteiger partial charge in [-0.3, -0.25) is 0 Å². The van der Waals surface area contributed by atoms with Crippen molar-refractivity contribution in [2.24, 2.45) is 5.11 Å². The molecule has 0 bridgehead atoms. The van der Waals surface area contributed by atoms with Crippen LogP contribution < -0.4 is 0 Å². The van der Waals surface area contributed by atoms with E-state index >= 15 is 0 Å². The first-order valence-corrected chi connectivity index (χ1v) is 2.81. The van der Waals surface area contributed by atoms with Gasteiger partial charge in [0.2, 0.25) is 0 Å². The van der Waals surface area contributed by atoms with E-state index in [1.54, 1.807) is 6.20 Å². The first-order chi connectivity index (χ1) is 4.93. The van der Waals surface area contributed by atoms with Crippen LogP contribution in [0.4, 0.5) is 0 Å². The van der Waals surface area contributed by atoms with E-state index in [1.807, 2.05) is 0 Å². The molecule has 0 N–H and O–H groups in total. The molecule has 0 spiro atoms. The molecule has 1 aromatic rings. The fourth-order valence-electron chi connectivity index (χ4n) is 0.571. The van der Waals surface area contributed by atoms with Crippen LogP contribution in [0.15, 0.2) is 22.1 Å². The number of rotatable bonds is 3. The van der Waals surface area contributed by atoms with Crippen molar-refractivity contribution in [2.45, 2.75) is 6.42 Å². The Bertz CT molecular complexity index is 224. The van der Waals surface area contributed by atoms with Gasteiger partial charge in [-0.1, -0.05) is 5.11 Å². The highest BCUT2D eigenvalue weighted by Crippen LogP contribution is 1.96. The van der Waals surface area contributed by atoms with Gasteiger partial charge in [0.05, 0.1) is 6.20 Å². The number of hydrogen-bond donors (Lipinski definition) is 0. The zero-order valence-corrected chi connectivity index (χ0v) is 5.27. The summed E-state index contributed by atoms with van der Waals surface area (Å²) in [5.41, 5.74) is 7.91. The third-order valence-corrected chi connectivity index (χ3v) is 1.00. The van der Waals surface area contributed by atoms with Crippen LogP contribution >= 0.6 is 0 Å². The highest BCUT2D eigenvalue weighted by atomic mass is 16.3. The summed E-state index contributed by atoms with van der Waals surface area (Å²) in [6, 6.07) is 0. The second-order valence-corrected chi connectivity index (χ2v) is 1.67. The minimum absolute atomic E-state index is 0.422. The standard InChI is InChI=1S/C5H6N4O/c6-9-8-2-1-5-3-7-4-10-5/h3-4H,1-2H2. The molecule has 1 aromatic heterocycles. The van der Waals surface area contributed by atoms with Crippen molar-refractivity contribution in [3.05, 3.63) is 28.8 Å². The lowest BCUT2D eigenvalue weighted by molar-refractivity contribution is 0.505. The van der Waals surface area contributed by atoms with E-state index in [4.69, 9.17) is 9.95 Å². The van der Waals surface area contributed by atoms with Gasteiger partial charge in [-0.2, -0.15) is 0 Å². The summed E-state index contributed by atoms with van der Waals surface area (Å²) in [6.45, 7) is 0.422. The quantitative estimate of drug-likeness (QED) is 0.360. The lowest BCUT2D eigenvalue weighted by Crippen LogP contribution is -1.83. The number of hydrogen-bond acceptors (Lipinski definition) is 3. The lowest BCUT2D eigenvalue weighted by atomic mass is 10.4. The van der Waals surface area contributed by atoms with E-state index in [2.05, 4.69) is 15.0 Å². The highest BCUT2D eigenvalue weighted by Gasteiger charge is 1.92. The van der Waals surface area contributed by atoms with Crippen LogP contribution in [0.3, 0.4) is 0 Å². The van der Waals surface area contributed by atoms with Crippen LogP contribution in [0, 0.1) is 0 Å². The molecule has 5 heteroatoms. The van der Waals surface area contributed by atoms with E-state index < -0.39 is 0 Å². The molecule has 10 heavy (non-hydrogen) atoms. The van der Waals surface area contributed by atoms with Crippen molar-refractivity contribution in [3.8, 4) is 0 Å². The summed E-state index contributed by atoms with van der Waals surface area (Å²) in [5, 5.41) is 3.34. The molecule has 0 unspecified atom stereocenters. The van der Waals surface area contributed by atoms with Crippen LogP contribution in [-0.2, 0) is 6.42 Å². The van der Waals surface area contributed by atoms with E-state index in [0.29, 0.717) is 13.0 Å². The fourth-order valence-corrected chi connectivity index (χ4v) is 0.571. The molecule has 0 atom stereocenters. The molecule has 0 radical (unpaired) electrons. The van der Waals surface area contributed by atoms with Crippen molar-refractivity contribution in [1.29, 1.82) is 0 Å². The Morgan fingerprint density at radius 2 is 2.70 bits per heavy atom. The predicted octanol–water partition coefficient (Wildman–Crippen LogP) is 1.53. The smallest absolute Gasteiger partial charge is 0.180 e. The van der Waals surface area contributed by atoms with Crippen LogP contribution in [0.1, 0.15) is 5.76 Å². The van der Waals surface area contributed by atoms with Gasteiger partial charge in [-0.15, -0.1) is 0 Å². The molecule has 52 valence electrons. The molecule has 0 aliphatic heterocycles. The number of azide groups is 1. The van der Waals surface area contributed by atoms with Gasteiger partial charge in [0.25, 0.3) is 0 Å². The second-order valence-electron chi connectivity index (χ2n) is 1.67. The highest BCUT2D eigenvalue weighted by molar-refractivity contribution is 4.88. The third-order valence-electron chi connectivity index (χ3n) is 1.00. The maximum atomic E-state index is 7.91. The maximum absolute atomic E-state index is 7.91. The Hall–Kier alpha value is -1.48. The normalized spacial score (nSPS) is 8.80. The van der Waals surface area contributed by atoms with Crippen LogP contribution in [0.25, 0.3) is 10.4 Å². The minimum Gasteiger partial charge on any atom is -0.449 e. The zero-order chi connectivity index (χ0) is 7.23. The van der Waals surface area contributed by atoms with Gasteiger partial charge in [0.15, 0.2) is 6.39 Å². The first kappa shape index (κ1) is 6.64. The van der Waals surface area contributed by atoms with Crippen molar-refractivity contribution in [1.82, 2.24) is 4.98 Å². The molecule has 1 heterocycles. The Labute approximate surface area is 57.3 Å². The molecule has 1 rings (SSSR count). The maximum Gasteiger partial charge on any atom is 0.180 e. The number of oxazole rings is 1. The van der Waals surface area contributed by atoms with Gasteiger partial charge >= 0.3 is 0 Å². The van der Waals surface area contributed by atoms with Crippen molar-refractivity contribution < 1.29 is 4.42 Å². The van der Waals surface area contributed by atoms with Crippen molar-refractivity contribution >= 4 is 0 Å². The van der Waals surface area contributed by atoms with Crippen LogP contribution in [0.2, 0.25) is 0 Å². The zero-order valence-electron chi connectivity index (χ0n) is 5.27. The van der Waals surface area contributed by atoms with E-state index in [0.717, 1.165) is 5.76 Å². The van der Waals surface area contributed by atoms with Gasteiger partial charge in [-0.05, 0) is 5.53 Å². The summed E-state index contributed by atoms with van der Waals surface area (Å²) in [5.74, 6) is 0.743. The van der Waals surface area contributed by atoms with E-state index in [-0.39, 0.29) is 0 Å². The Morgan fingerprint density at radius 1 is 1.80 bits per heavy atom. The van der Waals surface area contributed by atoms with Gasteiger partial charge < -0.3 is 4.42 Å². The number of nitrogens with zero attached hydrogens (tertiary/aromatic N) is 4. The molecule has 0 aliphatic rings. The molecular weight excluding hydrogens is 132 g/mol. The van der Waals surface area contributed by atoms with Crippen molar-refractivity contribution in [3.63, 3.8) is 0 Å². The predicted molar refractivity (Wildman–Crippen MR) is 34.2 cm³/mol. The molecule has 0 saturated heterocycles. The van der Waals surface area contributed by atoms with Gasteiger partial charge in [0, 0.05) is 17.9 Å². The van der Waals surface area contributed by atoms with Crippen LogP contribution in [-0.4, -0.2) is 11.5 Å². The molecule has 0 aromatic carbocycles. The van der Waals surface area contributed by atoms with E-state index in [9.17, 15) is 0 Å². The summed E-state index contributed by atoms with van der Waals surface area (Å²) >= 11 is 0. The van der Waals surface area contributed by atoms with Gasteiger partial charge in [-0.25, -0.2) is 4.98 Å². The minimum atomic E-state index is 0.422. The largest absolute Gasteiger partial charge is 0.449 e. The first-order valence-electron chi connectivity index (χ1n) is 2.81. The molecule has 0 aliphatic carbocycles. The molecule has 5 nitrogen and oxygen atoms in total. The molecule has 0 fully saturated rings. The van der Waals surface area contributed by atoms with Gasteiger partial charge in [0.1, 0.15) is 5.76 Å². The summed E-state index contributed by atoms with van der Waals surface area (Å²) in [4.78, 5) is 6.30. The Morgan fingerprint density at radius 3 is 3.30 bits per heavy atom. The SMILES string of the molecule is [N-]=[N+]=NCCc1cnco1. The molecule has 0 saturated carbocycles. The summed E-state index contributed by atoms with van der Waals surface area (Å²) in [7, 11) is 0. The fraction of sp³-hybridized carbons (Fsp3) is 0.400. The molecule has 0 amide bonds. The Kier molecular flexibility index (Phi) is 2.34. The average Bonchev–Trinajstić information content (AvgIpc) is 2.41. The lowest BCUT2D eigenvalue weighted by Gasteiger charge is -1.85. The molecular formula is C5H6N4O. The van der Waals surface area contributed by atoms with E-state index in [1.165, 1.54) is 6.39 Å². The third kappa shape index (κ3) is 1.80.